The van der Waals surface area contributed by atoms with Gasteiger partial charge in [-0.25, -0.2) is 0 Å². The minimum absolute atomic E-state index is 0.0293. The molecule has 0 fully saturated rings. The third kappa shape index (κ3) is 2.91. The molecule has 1 unspecified atom stereocenters. The monoisotopic (exact) mass is 296 g/mol. The zero-order chi connectivity index (χ0) is 15.5. The van der Waals surface area contributed by atoms with Crippen LogP contribution in [-0.2, 0) is 11.2 Å². The van der Waals surface area contributed by atoms with Gasteiger partial charge in [0, 0.05) is 5.69 Å². The maximum Gasteiger partial charge on any atom is 0.246 e. The summed E-state index contributed by atoms with van der Waals surface area (Å²) < 4.78 is 5.31. The molecule has 22 heavy (non-hydrogen) atoms. The Morgan fingerprint density at radius 2 is 2.09 bits per heavy atom. The standard InChI is InChI=1S/C18H20N2O2/c1-12-7-10-17(22-2)16(11-12)20-18(21)15-9-8-13-5-3-4-6-14(13)19-15/h3-7,10-11,15,19H,8-9H2,1-2H3,(H,20,21). The molecular weight excluding hydrogens is 276 g/mol. The van der Waals surface area contributed by atoms with E-state index in [1.807, 2.05) is 43.3 Å². The molecule has 4 nitrogen and oxygen atoms in total. The predicted octanol–water partition coefficient (Wildman–Crippen LogP) is 3.37. The summed E-state index contributed by atoms with van der Waals surface area (Å²) in [6.07, 6.45) is 1.70. The van der Waals surface area contributed by atoms with Gasteiger partial charge in [0.15, 0.2) is 0 Å². The molecule has 1 atom stereocenters. The number of hydrogen-bond acceptors (Lipinski definition) is 3. The molecule has 0 saturated carbocycles. The molecule has 0 aliphatic carbocycles. The zero-order valence-electron chi connectivity index (χ0n) is 12.8. The summed E-state index contributed by atoms with van der Waals surface area (Å²) >= 11 is 0. The van der Waals surface area contributed by atoms with E-state index in [-0.39, 0.29) is 11.9 Å². The van der Waals surface area contributed by atoms with E-state index in [1.54, 1.807) is 7.11 Å². The van der Waals surface area contributed by atoms with Crippen molar-refractivity contribution in [2.75, 3.05) is 17.7 Å². The van der Waals surface area contributed by atoms with Crippen molar-refractivity contribution in [1.29, 1.82) is 0 Å². The normalized spacial score (nSPS) is 16.4. The van der Waals surface area contributed by atoms with Gasteiger partial charge < -0.3 is 15.4 Å². The zero-order valence-corrected chi connectivity index (χ0v) is 12.8. The van der Waals surface area contributed by atoms with Crippen molar-refractivity contribution < 1.29 is 9.53 Å². The molecule has 4 heteroatoms. The van der Waals surface area contributed by atoms with Crippen LogP contribution in [0.3, 0.4) is 0 Å². The summed E-state index contributed by atoms with van der Waals surface area (Å²) in [6.45, 7) is 1.99. The lowest BCUT2D eigenvalue weighted by molar-refractivity contribution is -0.117. The van der Waals surface area contributed by atoms with Crippen LogP contribution in [0, 0.1) is 6.92 Å². The first-order chi connectivity index (χ1) is 10.7. The van der Waals surface area contributed by atoms with E-state index in [1.165, 1.54) is 5.56 Å². The lowest BCUT2D eigenvalue weighted by Gasteiger charge is -2.26. The molecular formula is C18H20N2O2. The van der Waals surface area contributed by atoms with E-state index < -0.39 is 0 Å². The molecule has 1 aliphatic heterocycles. The van der Waals surface area contributed by atoms with Crippen LogP contribution < -0.4 is 15.4 Å². The van der Waals surface area contributed by atoms with Gasteiger partial charge >= 0.3 is 0 Å². The Labute approximate surface area is 130 Å². The van der Waals surface area contributed by atoms with Crippen LogP contribution in [0.15, 0.2) is 42.5 Å². The number of aryl methyl sites for hydroxylation is 2. The summed E-state index contributed by atoms with van der Waals surface area (Å²) in [5, 5.41) is 6.29. The average Bonchev–Trinajstić information content (AvgIpc) is 2.54. The highest BCUT2D eigenvalue weighted by molar-refractivity contribution is 5.98. The van der Waals surface area contributed by atoms with Crippen LogP contribution in [0.2, 0.25) is 0 Å². The summed E-state index contributed by atoms with van der Waals surface area (Å²) in [5.74, 6) is 0.647. The topological polar surface area (TPSA) is 50.4 Å². The first kappa shape index (κ1) is 14.4. The predicted molar refractivity (Wildman–Crippen MR) is 88.5 cm³/mol. The molecule has 3 rings (SSSR count). The van der Waals surface area contributed by atoms with Crippen molar-refractivity contribution in [3.63, 3.8) is 0 Å². The smallest absolute Gasteiger partial charge is 0.246 e. The highest BCUT2D eigenvalue weighted by Gasteiger charge is 2.24. The quantitative estimate of drug-likeness (QED) is 0.913. The third-order valence-electron chi connectivity index (χ3n) is 3.98. The van der Waals surface area contributed by atoms with Crippen LogP contribution in [0.25, 0.3) is 0 Å². The fraction of sp³-hybridized carbons (Fsp3) is 0.278. The highest BCUT2D eigenvalue weighted by Crippen LogP contribution is 2.28. The van der Waals surface area contributed by atoms with Crippen molar-refractivity contribution >= 4 is 17.3 Å². The lowest BCUT2D eigenvalue weighted by Crippen LogP contribution is -2.37. The van der Waals surface area contributed by atoms with Gasteiger partial charge in [-0.05, 0) is 49.1 Å². The fourth-order valence-corrected chi connectivity index (χ4v) is 2.77. The SMILES string of the molecule is COc1ccc(C)cc1NC(=O)C1CCc2ccccc2N1. The maximum absolute atomic E-state index is 12.5. The Morgan fingerprint density at radius 3 is 2.91 bits per heavy atom. The number of carbonyl (C=O) groups excluding carboxylic acids is 1. The maximum atomic E-state index is 12.5. The number of para-hydroxylation sites is 1. The molecule has 0 spiro atoms. The second-order valence-electron chi connectivity index (χ2n) is 5.59. The highest BCUT2D eigenvalue weighted by atomic mass is 16.5. The Balaban J connectivity index is 1.75. The van der Waals surface area contributed by atoms with E-state index >= 15 is 0 Å². The van der Waals surface area contributed by atoms with Gasteiger partial charge in [0.25, 0.3) is 0 Å². The number of nitrogens with one attached hydrogen (secondary N) is 2. The van der Waals surface area contributed by atoms with Gasteiger partial charge in [0.2, 0.25) is 5.91 Å². The van der Waals surface area contributed by atoms with Gasteiger partial charge in [-0.15, -0.1) is 0 Å². The van der Waals surface area contributed by atoms with E-state index in [2.05, 4.69) is 16.7 Å². The minimum atomic E-state index is -0.222. The number of rotatable bonds is 3. The number of anilines is 2. The van der Waals surface area contributed by atoms with Gasteiger partial charge in [0.05, 0.1) is 12.8 Å². The molecule has 0 aromatic heterocycles. The number of carbonyl (C=O) groups is 1. The molecule has 0 bridgehead atoms. The summed E-state index contributed by atoms with van der Waals surface area (Å²) in [5.41, 5.74) is 4.11. The van der Waals surface area contributed by atoms with Crippen LogP contribution in [0.4, 0.5) is 11.4 Å². The molecule has 2 N–H and O–H groups in total. The first-order valence-electron chi connectivity index (χ1n) is 7.47. The number of methoxy groups -OCH3 is 1. The van der Waals surface area contributed by atoms with Crippen LogP contribution in [0.5, 0.6) is 5.75 Å². The molecule has 1 heterocycles. The van der Waals surface area contributed by atoms with Gasteiger partial charge in [-0.2, -0.15) is 0 Å². The van der Waals surface area contributed by atoms with E-state index in [9.17, 15) is 4.79 Å². The second kappa shape index (κ2) is 6.10. The Kier molecular flexibility index (Phi) is 4.00. The second-order valence-corrected chi connectivity index (χ2v) is 5.59. The molecule has 2 aromatic carbocycles. The van der Waals surface area contributed by atoms with Gasteiger partial charge in [0.1, 0.15) is 11.8 Å². The van der Waals surface area contributed by atoms with Crippen molar-refractivity contribution in [1.82, 2.24) is 0 Å². The van der Waals surface area contributed by atoms with Crippen LogP contribution in [0.1, 0.15) is 17.5 Å². The summed E-state index contributed by atoms with van der Waals surface area (Å²) in [4.78, 5) is 12.5. The Bertz CT molecular complexity index is 697. The number of benzene rings is 2. The third-order valence-corrected chi connectivity index (χ3v) is 3.98. The molecule has 1 aliphatic rings. The van der Waals surface area contributed by atoms with Crippen LogP contribution >= 0.6 is 0 Å². The molecule has 1 amide bonds. The number of amides is 1. The number of fused-ring (bicyclic) bond motifs is 1. The van der Waals surface area contributed by atoms with Gasteiger partial charge in [-0.3, -0.25) is 4.79 Å². The van der Waals surface area contributed by atoms with Crippen molar-refractivity contribution in [3.8, 4) is 5.75 Å². The molecule has 114 valence electrons. The summed E-state index contributed by atoms with van der Waals surface area (Å²) in [6, 6.07) is 13.7. The van der Waals surface area contributed by atoms with Crippen molar-refractivity contribution in [2.45, 2.75) is 25.8 Å². The van der Waals surface area contributed by atoms with Crippen LogP contribution in [-0.4, -0.2) is 19.1 Å². The summed E-state index contributed by atoms with van der Waals surface area (Å²) in [7, 11) is 1.61. The van der Waals surface area contributed by atoms with E-state index in [4.69, 9.17) is 4.74 Å². The van der Waals surface area contributed by atoms with Gasteiger partial charge in [-0.1, -0.05) is 24.3 Å². The van der Waals surface area contributed by atoms with E-state index in [0.29, 0.717) is 11.4 Å². The van der Waals surface area contributed by atoms with Crippen molar-refractivity contribution in [3.05, 3.63) is 53.6 Å². The number of ether oxygens (including phenoxy) is 1. The Morgan fingerprint density at radius 1 is 1.27 bits per heavy atom. The lowest BCUT2D eigenvalue weighted by atomic mass is 9.97. The number of hydrogen-bond donors (Lipinski definition) is 2. The first-order valence-corrected chi connectivity index (χ1v) is 7.47. The molecule has 2 aromatic rings. The minimum Gasteiger partial charge on any atom is -0.495 e. The average molecular weight is 296 g/mol. The van der Waals surface area contributed by atoms with E-state index in [0.717, 1.165) is 24.1 Å². The van der Waals surface area contributed by atoms with Crippen molar-refractivity contribution in [2.24, 2.45) is 0 Å². The fourth-order valence-electron chi connectivity index (χ4n) is 2.77. The Hall–Kier alpha value is -2.49. The molecule has 0 radical (unpaired) electrons. The molecule has 0 saturated heterocycles. The largest absolute Gasteiger partial charge is 0.495 e.